The average Bonchev–Trinajstić information content (AvgIpc) is 2.83. The predicted octanol–water partition coefficient (Wildman–Crippen LogP) is 4.28. The predicted molar refractivity (Wildman–Crippen MR) is 84.1 cm³/mol. The van der Waals surface area contributed by atoms with Gasteiger partial charge in [0.1, 0.15) is 5.56 Å². The highest BCUT2D eigenvalue weighted by molar-refractivity contribution is 6.36. The molecule has 0 spiro atoms. The van der Waals surface area contributed by atoms with E-state index in [0.29, 0.717) is 16.2 Å². The van der Waals surface area contributed by atoms with Crippen LogP contribution in [0, 0.1) is 0 Å². The Hall–Kier alpha value is -2.17. The molecule has 0 fully saturated rings. The summed E-state index contributed by atoms with van der Waals surface area (Å²) >= 11 is 12.1. The van der Waals surface area contributed by atoms with Gasteiger partial charge in [-0.15, -0.1) is 0 Å². The molecule has 3 N–H and O–H groups in total. The topological polar surface area (TPSA) is 68.1 Å². The number of H-pyrrole nitrogens is 1. The maximum Gasteiger partial charge on any atom is 0.347 e. The van der Waals surface area contributed by atoms with Gasteiger partial charge in [-0.2, -0.15) is 0 Å². The highest BCUT2D eigenvalue weighted by Gasteiger charge is 2.18. The average molecular weight is 321 g/mol. The molecule has 6 heteroatoms. The Bertz CT molecular complexity index is 823. The fraction of sp³-hybridized carbons (Fsp3) is 0. The molecule has 1 heterocycles. The molecule has 1 aromatic heterocycles. The van der Waals surface area contributed by atoms with Gasteiger partial charge in [-0.3, -0.25) is 0 Å². The molecule has 21 heavy (non-hydrogen) atoms. The summed E-state index contributed by atoms with van der Waals surface area (Å²) in [7, 11) is 0. The number of hydrogen-bond donors (Lipinski definition) is 2. The normalized spacial score (nSPS) is 10.8. The first-order chi connectivity index (χ1) is 10.1. The summed E-state index contributed by atoms with van der Waals surface area (Å²) in [5.41, 5.74) is 6.95. The molecule has 0 saturated carbocycles. The van der Waals surface area contributed by atoms with Crippen molar-refractivity contribution in [3.63, 3.8) is 0 Å². The number of esters is 1. The molecule has 0 unspecified atom stereocenters. The van der Waals surface area contributed by atoms with Crippen LogP contribution in [0.3, 0.4) is 0 Å². The summed E-state index contributed by atoms with van der Waals surface area (Å²) < 4.78 is 5.38. The number of rotatable bonds is 2. The second-order valence-corrected chi connectivity index (χ2v) is 5.22. The Morgan fingerprint density at radius 2 is 1.81 bits per heavy atom. The third kappa shape index (κ3) is 2.44. The van der Waals surface area contributed by atoms with Gasteiger partial charge in [0, 0.05) is 11.9 Å². The number of halogens is 2. The van der Waals surface area contributed by atoms with Crippen molar-refractivity contribution in [1.29, 1.82) is 0 Å². The maximum atomic E-state index is 12.3. The molecule has 0 amide bonds. The summed E-state index contributed by atoms with van der Waals surface area (Å²) in [6, 6.07) is 10.2. The van der Waals surface area contributed by atoms with Gasteiger partial charge in [0.2, 0.25) is 0 Å². The van der Waals surface area contributed by atoms with Gasteiger partial charge < -0.3 is 15.5 Å². The molecule has 0 saturated heterocycles. The van der Waals surface area contributed by atoms with E-state index in [9.17, 15) is 4.79 Å². The molecule has 0 aliphatic carbocycles. The van der Waals surface area contributed by atoms with Crippen molar-refractivity contribution in [2.75, 3.05) is 5.73 Å². The summed E-state index contributed by atoms with van der Waals surface area (Å²) in [4.78, 5) is 15.3. The Kier molecular flexibility index (Phi) is 3.49. The van der Waals surface area contributed by atoms with Gasteiger partial charge in [0.15, 0.2) is 5.75 Å². The van der Waals surface area contributed by atoms with Crippen LogP contribution in [0.25, 0.3) is 10.9 Å². The SMILES string of the molecule is Nc1cccc(Cl)c1C(=O)Oc1c[nH]c2cccc(Cl)c12. The standard InChI is InChI=1S/C15H10Cl2N2O2/c16-8-3-1-5-10(18)13(8)15(20)21-12-7-19-11-6-2-4-9(17)14(11)12/h1-7,19H,18H2. The molecule has 0 radical (unpaired) electrons. The van der Waals surface area contributed by atoms with Crippen LogP contribution in [0.5, 0.6) is 5.75 Å². The van der Waals surface area contributed by atoms with Gasteiger partial charge in [0.25, 0.3) is 0 Å². The first-order valence-corrected chi connectivity index (χ1v) is 6.85. The molecular formula is C15H10Cl2N2O2. The van der Waals surface area contributed by atoms with Gasteiger partial charge in [-0.05, 0) is 24.3 Å². The maximum absolute atomic E-state index is 12.3. The number of carbonyl (C=O) groups excluding carboxylic acids is 1. The smallest absolute Gasteiger partial charge is 0.347 e. The van der Waals surface area contributed by atoms with Crippen molar-refractivity contribution in [1.82, 2.24) is 4.98 Å². The highest BCUT2D eigenvalue weighted by atomic mass is 35.5. The number of anilines is 1. The number of aromatic nitrogens is 1. The van der Waals surface area contributed by atoms with Crippen LogP contribution in [-0.4, -0.2) is 11.0 Å². The lowest BCUT2D eigenvalue weighted by atomic mass is 10.2. The minimum absolute atomic E-state index is 0.139. The number of nitrogen functional groups attached to an aromatic ring is 1. The second-order valence-electron chi connectivity index (χ2n) is 4.41. The van der Waals surface area contributed by atoms with Crippen LogP contribution >= 0.6 is 23.2 Å². The molecule has 0 aliphatic heterocycles. The summed E-state index contributed by atoms with van der Waals surface area (Å²) in [5.74, 6) is -0.293. The quantitative estimate of drug-likeness (QED) is 0.547. The van der Waals surface area contributed by atoms with Crippen molar-refractivity contribution in [2.45, 2.75) is 0 Å². The Morgan fingerprint density at radius 3 is 2.57 bits per heavy atom. The van der Waals surface area contributed by atoms with E-state index < -0.39 is 5.97 Å². The van der Waals surface area contributed by atoms with Crippen LogP contribution < -0.4 is 10.5 Å². The number of ether oxygens (including phenoxy) is 1. The number of fused-ring (bicyclic) bond motifs is 1. The largest absolute Gasteiger partial charge is 0.420 e. The highest BCUT2D eigenvalue weighted by Crippen LogP contribution is 2.33. The lowest BCUT2D eigenvalue weighted by Gasteiger charge is -2.07. The van der Waals surface area contributed by atoms with E-state index in [1.54, 1.807) is 36.5 Å². The lowest BCUT2D eigenvalue weighted by molar-refractivity contribution is 0.0738. The number of hydrogen-bond acceptors (Lipinski definition) is 3. The van der Waals surface area contributed by atoms with Crippen molar-refractivity contribution in [2.24, 2.45) is 0 Å². The first kappa shape index (κ1) is 13.8. The third-order valence-corrected chi connectivity index (χ3v) is 3.70. The van der Waals surface area contributed by atoms with Crippen molar-refractivity contribution in [3.05, 3.63) is 58.2 Å². The van der Waals surface area contributed by atoms with E-state index in [4.69, 9.17) is 33.7 Å². The zero-order valence-corrected chi connectivity index (χ0v) is 12.2. The van der Waals surface area contributed by atoms with Crippen molar-refractivity contribution < 1.29 is 9.53 Å². The van der Waals surface area contributed by atoms with Gasteiger partial charge in [0.05, 0.1) is 20.9 Å². The van der Waals surface area contributed by atoms with Crippen LogP contribution in [-0.2, 0) is 0 Å². The molecule has 0 aliphatic rings. The molecule has 4 nitrogen and oxygen atoms in total. The minimum Gasteiger partial charge on any atom is -0.420 e. The molecular weight excluding hydrogens is 311 g/mol. The Balaban J connectivity index is 2.01. The Labute approximate surface area is 130 Å². The van der Waals surface area contributed by atoms with Crippen molar-refractivity contribution >= 4 is 45.8 Å². The number of carbonyl (C=O) groups is 1. The molecule has 0 atom stereocenters. The molecule has 3 rings (SSSR count). The fourth-order valence-corrected chi connectivity index (χ4v) is 2.62. The number of aromatic amines is 1. The number of nitrogens with one attached hydrogen (secondary N) is 1. The molecule has 2 aromatic carbocycles. The van der Waals surface area contributed by atoms with Gasteiger partial charge in [-0.1, -0.05) is 35.3 Å². The van der Waals surface area contributed by atoms with E-state index in [2.05, 4.69) is 4.98 Å². The molecule has 0 bridgehead atoms. The van der Waals surface area contributed by atoms with E-state index in [-0.39, 0.29) is 16.3 Å². The van der Waals surface area contributed by atoms with E-state index in [0.717, 1.165) is 5.52 Å². The second kappa shape index (κ2) is 5.31. The van der Waals surface area contributed by atoms with Gasteiger partial charge >= 0.3 is 5.97 Å². The fourth-order valence-electron chi connectivity index (χ4n) is 2.10. The minimum atomic E-state index is -0.626. The Morgan fingerprint density at radius 1 is 1.10 bits per heavy atom. The summed E-state index contributed by atoms with van der Waals surface area (Å²) in [6.45, 7) is 0. The monoisotopic (exact) mass is 320 g/mol. The molecule has 106 valence electrons. The lowest BCUT2D eigenvalue weighted by Crippen LogP contribution is -2.11. The first-order valence-electron chi connectivity index (χ1n) is 6.09. The van der Waals surface area contributed by atoms with Crippen LogP contribution in [0.4, 0.5) is 5.69 Å². The summed E-state index contributed by atoms with van der Waals surface area (Å²) in [6.07, 6.45) is 1.57. The van der Waals surface area contributed by atoms with Crippen LogP contribution in [0.2, 0.25) is 10.0 Å². The van der Waals surface area contributed by atoms with E-state index >= 15 is 0 Å². The van der Waals surface area contributed by atoms with E-state index in [1.165, 1.54) is 0 Å². The summed E-state index contributed by atoms with van der Waals surface area (Å²) in [5, 5.41) is 1.37. The number of benzene rings is 2. The third-order valence-electron chi connectivity index (χ3n) is 3.07. The number of nitrogens with two attached hydrogens (primary N) is 1. The van der Waals surface area contributed by atoms with Crippen LogP contribution in [0.1, 0.15) is 10.4 Å². The zero-order valence-electron chi connectivity index (χ0n) is 10.7. The van der Waals surface area contributed by atoms with Gasteiger partial charge in [-0.25, -0.2) is 4.79 Å². The van der Waals surface area contributed by atoms with Crippen LogP contribution in [0.15, 0.2) is 42.6 Å². The zero-order chi connectivity index (χ0) is 15.0. The molecule has 3 aromatic rings. The van der Waals surface area contributed by atoms with E-state index in [1.807, 2.05) is 6.07 Å². The van der Waals surface area contributed by atoms with Crippen molar-refractivity contribution in [3.8, 4) is 5.75 Å².